The van der Waals surface area contributed by atoms with Gasteiger partial charge in [-0.1, -0.05) is 16.9 Å². The van der Waals surface area contributed by atoms with Crippen LogP contribution < -0.4 is 0 Å². The average Bonchev–Trinajstić information content (AvgIpc) is 2.83. The van der Waals surface area contributed by atoms with Crippen molar-refractivity contribution in [2.75, 3.05) is 5.75 Å². The standard InChI is InChI=1S/C8H7N5OS/c1-5-4-6(12-14-5)7-10-11-8-13(7)9-2-3-15-8/h2,4H,3H2,1H3. The van der Waals surface area contributed by atoms with Crippen LogP contribution in [0.1, 0.15) is 5.76 Å². The lowest BCUT2D eigenvalue weighted by molar-refractivity contribution is 0.399. The van der Waals surface area contributed by atoms with E-state index in [1.807, 2.05) is 19.2 Å². The summed E-state index contributed by atoms with van der Waals surface area (Å²) in [4.78, 5) is 0. The van der Waals surface area contributed by atoms with Gasteiger partial charge in [-0.05, 0) is 6.92 Å². The summed E-state index contributed by atoms with van der Waals surface area (Å²) in [5.74, 6) is 2.19. The summed E-state index contributed by atoms with van der Waals surface area (Å²) in [5, 5.41) is 16.9. The molecule has 0 unspecified atom stereocenters. The summed E-state index contributed by atoms with van der Waals surface area (Å²) in [6, 6.07) is 1.81. The SMILES string of the molecule is Cc1cc(-c2nnc3n2N=CCS3)no1. The maximum atomic E-state index is 4.99. The van der Waals surface area contributed by atoms with Gasteiger partial charge in [0.1, 0.15) is 5.76 Å². The number of fused-ring (bicyclic) bond motifs is 1. The molecule has 7 heteroatoms. The number of thioether (sulfide) groups is 1. The van der Waals surface area contributed by atoms with Gasteiger partial charge in [0, 0.05) is 18.0 Å². The van der Waals surface area contributed by atoms with E-state index in [4.69, 9.17) is 4.52 Å². The minimum absolute atomic E-state index is 0.616. The van der Waals surface area contributed by atoms with Crippen LogP contribution in [0.15, 0.2) is 20.8 Å². The van der Waals surface area contributed by atoms with Crippen LogP contribution in [-0.4, -0.2) is 32.0 Å². The average molecular weight is 221 g/mol. The lowest BCUT2D eigenvalue weighted by Crippen LogP contribution is -2.01. The van der Waals surface area contributed by atoms with Gasteiger partial charge in [-0.2, -0.15) is 9.78 Å². The molecule has 0 aromatic carbocycles. The molecule has 2 aromatic heterocycles. The van der Waals surface area contributed by atoms with E-state index in [9.17, 15) is 0 Å². The van der Waals surface area contributed by atoms with E-state index in [1.165, 1.54) is 0 Å². The summed E-state index contributed by atoms with van der Waals surface area (Å²) >= 11 is 1.59. The van der Waals surface area contributed by atoms with Crippen LogP contribution in [0.3, 0.4) is 0 Å². The van der Waals surface area contributed by atoms with E-state index in [1.54, 1.807) is 16.4 Å². The van der Waals surface area contributed by atoms with E-state index in [0.717, 1.165) is 16.7 Å². The molecule has 0 bridgehead atoms. The second kappa shape index (κ2) is 3.20. The zero-order chi connectivity index (χ0) is 10.3. The van der Waals surface area contributed by atoms with E-state index in [0.29, 0.717) is 11.5 Å². The number of aryl methyl sites for hydroxylation is 1. The molecule has 15 heavy (non-hydrogen) atoms. The minimum Gasteiger partial charge on any atom is -0.361 e. The lowest BCUT2D eigenvalue weighted by atomic mass is 10.4. The van der Waals surface area contributed by atoms with Crippen LogP contribution in [0.2, 0.25) is 0 Å². The first-order valence-electron chi connectivity index (χ1n) is 4.39. The van der Waals surface area contributed by atoms with Gasteiger partial charge in [0.25, 0.3) is 0 Å². The lowest BCUT2D eigenvalue weighted by Gasteiger charge is -2.04. The smallest absolute Gasteiger partial charge is 0.212 e. The van der Waals surface area contributed by atoms with Gasteiger partial charge in [-0.25, -0.2) is 0 Å². The summed E-state index contributed by atoms with van der Waals surface area (Å²) in [6.45, 7) is 1.84. The number of hydrogen-bond acceptors (Lipinski definition) is 6. The number of nitrogens with zero attached hydrogens (tertiary/aromatic N) is 5. The number of rotatable bonds is 1. The summed E-state index contributed by atoms with van der Waals surface area (Å²) < 4.78 is 6.66. The molecule has 3 heterocycles. The van der Waals surface area contributed by atoms with Crippen LogP contribution in [0.5, 0.6) is 0 Å². The second-order valence-electron chi connectivity index (χ2n) is 3.05. The molecular weight excluding hydrogens is 214 g/mol. The molecule has 0 amide bonds. The fraction of sp³-hybridized carbons (Fsp3) is 0.250. The van der Waals surface area contributed by atoms with Gasteiger partial charge < -0.3 is 4.52 Å². The zero-order valence-electron chi connectivity index (χ0n) is 7.91. The summed E-state index contributed by atoms with van der Waals surface area (Å²) in [7, 11) is 0. The third-order valence-corrected chi connectivity index (χ3v) is 2.78. The molecule has 3 rings (SSSR count). The Morgan fingerprint density at radius 3 is 3.20 bits per heavy atom. The largest absolute Gasteiger partial charge is 0.361 e. The van der Waals surface area contributed by atoms with E-state index >= 15 is 0 Å². The molecule has 0 radical (unpaired) electrons. The van der Waals surface area contributed by atoms with Gasteiger partial charge in [0.15, 0.2) is 5.69 Å². The van der Waals surface area contributed by atoms with Gasteiger partial charge in [-0.15, -0.1) is 10.2 Å². The molecule has 0 aliphatic carbocycles. The van der Waals surface area contributed by atoms with E-state index < -0.39 is 0 Å². The van der Waals surface area contributed by atoms with Crippen LogP contribution in [-0.2, 0) is 0 Å². The third-order valence-electron chi connectivity index (χ3n) is 1.95. The minimum atomic E-state index is 0.616. The van der Waals surface area contributed by atoms with Crippen LogP contribution in [0.25, 0.3) is 11.5 Å². The Balaban J connectivity index is 2.14. The van der Waals surface area contributed by atoms with Gasteiger partial charge in [0.05, 0.1) is 0 Å². The highest BCUT2D eigenvalue weighted by atomic mass is 32.2. The molecular formula is C8H7N5OS. The van der Waals surface area contributed by atoms with Crippen molar-refractivity contribution in [3.63, 3.8) is 0 Å². The molecule has 6 nitrogen and oxygen atoms in total. The first-order valence-corrected chi connectivity index (χ1v) is 5.38. The predicted molar refractivity (Wildman–Crippen MR) is 54.9 cm³/mol. The summed E-state index contributed by atoms with van der Waals surface area (Å²) in [5.41, 5.74) is 0.658. The fourth-order valence-corrected chi connectivity index (χ4v) is 1.96. The molecule has 76 valence electrons. The Kier molecular flexibility index (Phi) is 1.84. The van der Waals surface area contributed by atoms with Crippen molar-refractivity contribution < 1.29 is 4.52 Å². The topological polar surface area (TPSA) is 69.1 Å². The maximum Gasteiger partial charge on any atom is 0.212 e. The summed E-state index contributed by atoms with van der Waals surface area (Å²) in [6.07, 6.45) is 1.82. The Morgan fingerprint density at radius 1 is 1.47 bits per heavy atom. The zero-order valence-corrected chi connectivity index (χ0v) is 8.73. The van der Waals surface area contributed by atoms with Crippen molar-refractivity contribution in [1.29, 1.82) is 0 Å². The molecule has 0 spiro atoms. The second-order valence-corrected chi connectivity index (χ2v) is 4.04. The Morgan fingerprint density at radius 2 is 2.40 bits per heavy atom. The van der Waals surface area contributed by atoms with Crippen LogP contribution in [0.4, 0.5) is 0 Å². The predicted octanol–water partition coefficient (Wildman–Crippen LogP) is 1.18. The number of aromatic nitrogens is 4. The maximum absolute atomic E-state index is 4.99. The molecule has 1 aliphatic heterocycles. The quantitative estimate of drug-likeness (QED) is 0.723. The van der Waals surface area contributed by atoms with Crippen molar-refractivity contribution in [2.45, 2.75) is 12.1 Å². The molecule has 0 atom stereocenters. The van der Waals surface area contributed by atoms with Crippen molar-refractivity contribution in [2.24, 2.45) is 5.10 Å². The molecule has 0 saturated heterocycles. The molecule has 2 aromatic rings. The highest BCUT2D eigenvalue weighted by molar-refractivity contribution is 7.99. The highest BCUT2D eigenvalue weighted by Gasteiger charge is 2.18. The van der Waals surface area contributed by atoms with Crippen LogP contribution >= 0.6 is 11.8 Å². The Labute approximate surface area is 89.4 Å². The fourth-order valence-electron chi connectivity index (χ4n) is 1.32. The van der Waals surface area contributed by atoms with Crippen molar-refractivity contribution in [3.8, 4) is 11.5 Å². The van der Waals surface area contributed by atoms with E-state index in [-0.39, 0.29) is 0 Å². The molecule has 0 saturated carbocycles. The first-order chi connectivity index (χ1) is 7.34. The normalized spacial score (nSPS) is 14.2. The highest BCUT2D eigenvalue weighted by Crippen LogP contribution is 2.24. The van der Waals surface area contributed by atoms with E-state index in [2.05, 4.69) is 20.5 Å². The van der Waals surface area contributed by atoms with Gasteiger partial charge in [-0.3, -0.25) is 0 Å². The van der Waals surface area contributed by atoms with Crippen molar-refractivity contribution in [1.82, 2.24) is 20.0 Å². The third kappa shape index (κ3) is 1.35. The monoisotopic (exact) mass is 221 g/mol. The first kappa shape index (κ1) is 8.66. The molecule has 1 aliphatic rings. The van der Waals surface area contributed by atoms with Gasteiger partial charge in [0.2, 0.25) is 11.0 Å². The van der Waals surface area contributed by atoms with Gasteiger partial charge >= 0.3 is 0 Å². The van der Waals surface area contributed by atoms with Crippen molar-refractivity contribution in [3.05, 3.63) is 11.8 Å². The number of hydrogen-bond donors (Lipinski definition) is 0. The Hall–Kier alpha value is -1.63. The molecule has 0 fully saturated rings. The van der Waals surface area contributed by atoms with Crippen molar-refractivity contribution >= 4 is 18.0 Å². The Bertz CT molecular complexity index is 529. The molecule has 0 N–H and O–H groups in total. The van der Waals surface area contributed by atoms with Crippen LogP contribution in [0, 0.1) is 6.92 Å².